The fourth-order valence-corrected chi connectivity index (χ4v) is 4.70. The van der Waals surface area contributed by atoms with E-state index in [1.807, 2.05) is 35.2 Å². The maximum absolute atomic E-state index is 12.8. The van der Waals surface area contributed by atoms with E-state index in [4.69, 9.17) is 23.2 Å². The third-order valence-electron chi connectivity index (χ3n) is 5.97. The third-order valence-corrected chi connectivity index (χ3v) is 6.57. The summed E-state index contributed by atoms with van der Waals surface area (Å²) in [6.45, 7) is 1.34. The molecule has 2 fully saturated rings. The largest absolute Gasteiger partial charge is 0.809 e. The molecule has 2 saturated heterocycles. The lowest BCUT2D eigenvalue weighted by Crippen LogP contribution is -2.56. The van der Waals surface area contributed by atoms with Crippen molar-refractivity contribution in [1.29, 1.82) is 0 Å². The van der Waals surface area contributed by atoms with Gasteiger partial charge in [-0.1, -0.05) is 47.5 Å². The van der Waals surface area contributed by atoms with Crippen LogP contribution in [0.25, 0.3) is 5.41 Å². The number of hydrogen-bond acceptors (Lipinski definition) is 4. The van der Waals surface area contributed by atoms with Crippen LogP contribution in [0.3, 0.4) is 0 Å². The number of rotatable bonds is 5. The van der Waals surface area contributed by atoms with Crippen LogP contribution in [0.4, 0.5) is 11.4 Å². The maximum Gasteiger partial charge on any atom is 0.269 e. The van der Waals surface area contributed by atoms with Crippen LogP contribution in [-0.2, 0) is 9.59 Å². The summed E-state index contributed by atoms with van der Waals surface area (Å²) in [5.41, 5.74) is 1.01. The van der Waals surface area contributed by atoms with Crippen LogP contribution in [0, 0.1) is 0 Å². The summed E-state index contributed by atoms with van der Waals surface area (Å²) in [4.78, 5) is 29.4. The second kappa shape index (κ2) is 9.22. The molecule has 2 aromatic carbocycles. The Kier molecular flexibility index (Phi) is 6.39. The van der Waals surface area contributed by atoms with Crippen molar-refractivity contribution >= 4 is 52.6 Å². The molecule has 0 atom stereocenters. The SMILES string of the molecule is [N-]=C/C(=C(/Cl)C(=O)Nc1cccc(Cl)c1)N1CCC2(CC1)C(=O)NCN2c1ccccc1. The molecule has 2 amide bonds. The number of piperidine rings is 1. The van der Waals surface area contributed by atoms with E-state index in [9.17, 15) is 15.0 Å². The Balaban J connectivity index is 1.51. The van der Waals surface area contributed by atoms with E-state index >= 15 is 0 Å². The molecule has 9 heteroatoms. The van der Waals surface area contributed by atoms with E-state index in [1.165, 1.54) is 0 Å². The lowest BCUT2D eigenvalue weighted by Gasteiger charge is -2.44. The first kappa shape index (κ1) is 22.2. The zero-order valence-electron chi connectivity index (χ0n) is 17.2. The molecule has 0 bridgehead atoms. The summed E-state index contributed by atoms with van der Waals surface area (Å²) in [7, 11) is 0. The van der Waals surface area contributed by atoms with Gasteiger partial charge in [0.2, 0.25) is 5.91 Å². The first-order valence-electron chi connectivity index (χ1n) is 10.2. The molecule has 0 radical (unpaired) electrons. The van der Waals surface area contributed by atoms with Crippen molar-refractivity contribution in [2.75, 3.05) is 30.0 Å². The Hall–Kier alpha value is -3.03. The molecule has 0 saturated carbocycles. The van der Waals surface area contributed by atoms with E-state index in [2.05, 4.69) is 15.5 Å². The van der Waals surface area contributed by atoms with Gasteiger partial charge in [0.15, 0.2) is 0 Å². The van der Waals surface area contributed by atoms with Gasteiger partial charge in [-0.2, -0.15) is 6.21 Å². The standard InChI is InChI=1S/C23H22Cl2N5O2/c24-16-5-4-6-17(13-16)28-21(31)20(25)19(14-26)29-11-9-23(10-12-29)22(32)27-15-30(23)18-7-2-1-3-8-18/h1-8,13-14H,9-12,15H2,(H,27,32)(H,28,31)/q-1/b20-19-. The van der Waals surface area contributed by atoms with Gasteiger partial charge in [0.05, 0.1) is 6.67 Å². The number of likely N-dealkylation sites (tertiary alicyclic amines) is 1. The molecule has 2 aliphatic heterocycles. The molecule has 7 nitrogen and oxygen atoms in total. The average molecular weight is 471 g/mol. The second-order valence-electron chi connectivity index (χ2n) is 7.74. The zero-order chi connectivity index (χ0) is 22.7. The van der Waals surface area contributed by atoms with Crippen molar-refractivity contribution in [1.82, 2.24) is 10.2 Å². The lowest BCUT2D eigenvalue weighted by atomic mass is 9.85. The van der Waals surface area contributed by atoms with Gasteiger partial charge in [-0.15, -0.1) is 0 Å². The topological polar surface area (TPSA) is 87.0 Å². The van der Waals surface area contributed by atoms with Gasteiger partial charge in [0, 0.05) is 35.2 Å². The van der Waals surface area contributed by atoms with Crippen LogP contribution < -0.4 is 15.5 Å². The van der Waals surface area contributed by atoms with Crippen molar-refractivity contribution in [2.45, 2.75) is 18.4 Å². The highest BCUT2D eigenvalue weighted by Crippen LogP contribution is 2.37. The van der Waals surface area contributed by atoms with Crippen molar-refractivity contribution in [3.05, 3.63) is 75.8 Å². The predicted octanol–water partition coefficient (Wildman–Crippen LogP) is 3.80. The lowest BCUT2D eigenvalue weighted by molar-refractivity contribution is -0.125. The molecule has 166 valence electrons. The Morgan fingerprint density at radius 1 is 1.12 bits per heavy atom. The number of nitrogens with zero attached hydrogens (tertiary/aromatic N) is 3. The molecule has 4 rings (SSSR count). The summed E-state index contributed by atoms with van der Waals surface area (Å²) >= 11 is 12.3. The highest BCUT2D eigenvalue weighted by Gasteiger charge is 2.50. The van der Waals surface area contributed by atoms with E-state index in [0.717, 1.165) is 11.9 Å². The number of carbonyl (C=O) groups is 2. The second-order valence-corrected chi connectivity index (χ2v) is 8.55. The van der Waals surface area contributed by atoms with Gasteiger partial charge in [-0.05, 0) is 43.2 Å². The molecule has 0 aliphatic carbocycles. The summed E-state index contributed by atoms with van der Waals surface area (Å²) in [6.07, 6.45) is 1.87. The number of anilines is 2. The van der Waals surface area contributed by atoms with Crippen LogP contribution in [0.15, 0.2) is 65.3 Å². The number of nitrogens with one attached hydrogen (secondary N) is 2. The van der Waals surface area contributed by atoms with Crippen LogP contribution in [-0.4, -0.2) is 48.2 Å². The Morgan fingerprint density at radius 2 is 1.84 bits per heavy atom. The van der Waals surface area contributed by atoms with Crippen LogP contribution >= 0.6 is 23.2 Å². The molecule has 2 N–H and O–H groups in total. The quantitative estimate of drug-likeness (QED) is 0.513. The summed E-state index contributed by atoms with van der Waals surface area (Å²) in [6, 6.07) is 16.5. The number of halogens is 2. The number of amides is 2. The van der Waals surface area contributed by atoms with Gasteiger partial charge >= 0.3 is 0 Å². The van der Waals surface area contributed by atoms with Gasteiger partial charge in [-0.3, -0.25) is 9.59 Å². The van der Waals surface area contributed by atoms with E-state index in [0.29, 0.717) is 43.3 Å². The number of benzene rings is 2. The van der Waals surface area contributed by atoms with Gasteiger partial charge < -0.3 is 25.8 Å². The fraction of sp³-hybridized carbons (Fsp3) is 0.261. The third kappa shape index (κ3) is 4.18. The van der Waals surface area contributed by atoms with Gasteiger partial charge in [0.25, 0.3) is 5.91 Å². The van der Waals surface area contributed by atoms with Gasteiger partial charge in [-0.25, -0.2) is 0 Å². The highest BCUT2D eigenvalue weighted by atomic mass is 35.5. The molecule has 2 aromatic rings. The summed E-state index contributed by atoms with van der Waals surface area (Å²) in [5, 5.41) is 15.8. The molecule has 1 spiro atoms. The molecule has 0 aromatic heterocycles. The minimum atomic E-state index is -0.673. The molecule has 2 aliphatic rings. The van der Waals surface area contributed by atoms with Crippen molar-refractivity contribution in [2.24, 2.45) is 0 Å². The fourth-order valence-electron chi connectivity index (χ4n) is 4.30. The monoisotopic (exact) mass is 470 g/mol. The number of allylic oxidation sites excluding steroid dienone is 1. The first-order chi connectivity index (χ1) is 15.4. The molecule has 0 unspecified atom stereocenters. The smallest absolute Gasteiger partial charge is 0.269 e. The average Bonchev–Trinajstić information content (AvgIpc) is 3.11. The Labute approximate surface area is 196 Å². The van der Waals surface area contributed by atoms with Crippen molar-refractivity contribution in [3.63, 3.8) is 0 Å². The molecule has 2 heterocycles. The van der Waals surface area contributed by atoms with Crippen LogP contribution in [0.1, 0.15) is 12.8 Å². The number of para-hydroxylation sites is 1. The normalized spacial score (nSPS) is 18.2. The number of hydrogen-bond donors (Lipinski definition) is 2. The number of carbonyl (C=O) groups excluding carboxylic acids is 2. The Bertz CT molecular complexity index is 1070. The minimum absolute atomic E-state index is 0.00990. The van der Waals surface area contributed by atoms with Crippen molar-refractivity contribution in [3.8, 4) is 0 Å². The van der Waals surface area contributed by atoms with E-state index in [-0.39, 0.29) is 16.6 Å². The van der Waals surface area contributed by atoms with Gasteiger partial charge in [0.1, 0.15) is 10.6 Å². The predicted molar refractivity (Wildman–Crippen MR) is 128 cm³/mol. The molecular formula is C23H22Cl2N5O2-. The first-order valence-corrected chi connectivity index (χ1v) is 11.0. The summed E-state index contributed by atoms with van der Waals surface area (Å²) in [5.74, 6) is -0.566. The maximum atomic E-state index is 12.8. The Morgan fingerprint density at radius 3 is 2.50 bits per heavy atom. The van der Waals surface area contributed by atoms with E-state index in [1.54, 1.807) is 24.3 Å². The van der Waals surface area contributed by atoms with Crippen LogP contribution in [0.5, 0.6) is 0 Å². The van der Waals surface area contributed by atoms with Crippen molar-refractivity contribution < 1.29 is 9.59 Å². The van der Waals surface area contributed by atoms with E-state index < -0.39 is 11.4 Å². The highest BCUT2D eigenvalue weighted by molar-refractivity contribution is 6.45. The zero-order valence-corrected chi connectivity index (χ0v) is 18.7. The molecule has 32 heavy (non-hydrogen) atoms. The van der Waals surface area contributed by atoms with Crippen LogP contribution in [0.2, 0.25) is 5.02 Å². The molecular weight excluding hydrogens is 449 g/mol. The minimum Gasteiger partial charge on any atom is -0.809 e. The summed E-state index contributed by atoms with van der Waals surface area (Å²) < 4.78 is 0.